The van der Waals surface area contributed by atoms with E-state index in [2.05, 4.69) is 0 Å². The molecule has 5 aliphatic rings. The zero-order chi connectivity index (χ0) is 45.8. The summed E-state index contributed by atoms with van der Waals surface area (Å²) in [4.78, 5) is 143. The van der Waals surface area contributed by atoms with Crippen molar-refractivity contribution in [2.75, 3.05) is 24.5 Å². The summed E-state index contributed by atoms with van der Waals surface area (Å²) in [6.45, 7) is 12.3. The number of hydrazine groups is 1. The zero-order valence-electron chi connectivity index (χ0n) is 35.3. The molecule has 0 saturated carbocycles. The van der Waals surface area contributed by atoms with Gasteiger partial charge in [0.2, 0.25) is 0 Å². The van der Waals surface area contributed by atoms with Gasteiger partial charge in [0, 0.05) is 50.3 Å². The number of Topliss-reactive ketones (excluding diaryl/α,β-unsaturated/α-hetero) is 2. The van der Waals surface area contributed by atoms with Gasteiger partial charge in [0.05, 0.1) is 4.92 Å². The van der Waals surface area contributed by atoms with Crippen molar-refractivity contribution in [2.45, 2.75) is 110 Å². The maximum atomic E-state index is 14.9. The van der Waals surface area contributed by atoms with Crippen molar-refractivity contribution in [1.82, 2.24) is 15.1 Å². The quantitative estimate of drug-likeness (QED) is 0.131. The lowest BCUT2D eigenvalue weighted by Gasteiger charge is -2.58. The van der Waals surface area contributed by atoms with Crippen LogP contribution in [0, 0.1) is 33.8 Å². The molecule has 61 heavy (non-hydrogen) atoms. The van der Waals surface area contributed by atoms with Gasteiger partial charge in [0.25, 0.3) is 11.5 Å². The molecule has 3 amide bonds. The number of fused-ring (bicyclic) bond motifs is 7. The molecule has 4 atom stereocenters. The van der Waals surface area contributed by atoms with Crippen LogP contribution >= 0.6 is 0 Å². The van der Waals surface area contributed by atoms with Gasteiger partial charge in [-0.15, -0.1) is 5.06 Å². The molecule has 3 bridgehead atoms. The lowest BCUT2D eigenvalue weighted by Crippen LogP contribution is -2.87. The van der Waals surface area contributed by atoms with E-state index in [1.54, 1.807) is 27.7 Å². The van der Waals surface area contributed by atoms with Crippen molar-refractivity contribution in [3.8, 4) is 0 Å². The summed E-state index contributed by atoms with van der Waals surface area (Å²) in [6, 6.07) is 4.73. The van der Waals surface area contributed by atoms with Crippen molar-refractivity contribution >= 4 is 59.1 Å². The second-order valence-electron chi connectivity index (χ2n) is 17.1. The summed E-state index contributed by atoms with van der Waals surface area (Å²) >= 11 is 0. The molecule has 5 heterocycles. The Labute approximate surface area is 349 Å². The predicted molar refractivity (Wildman–Crippen MR) is 204 cm³/mol. The van der Waals surface area contributed by atoms with E-state index in [1.165, 1.54) is 32.9 Å². The number of hydroxylamine groups is 2. The fraction of sp³-hybridized carbons (Fsp3) is 0.632. The third-order valence-corrected chi connectivity index (χ3v) is 11.5. The third-order valence-electron chi connectivity index (χ3n) is 11.5. The molecule has 0 aromatic heterocycles. The van der Waals surface area contributed by atoms with Crippen LogP contribution in [0.2, 0.25) is 0 Å². The molecule has 0 radical (unpaired) electrons. The lowest BCUT2D eigenvalue weighted by atomic mass is 9.60. The van der Waals surface area contributed by atoms with E-state index in [9.17, 15) is 48.5 Å². The summed E-state index contributed by atoms with van der Waals surface area (Å²) in [5.41, 5.74) is 2.38. The molecule has 5 fully saturated rings. The minimum absolute atomic E-state index is 0.0415. The van der Waals surface area contributed by atoms with Crippen molar-refractivity contribution in [2.24, 2.45) is 35.1 Å². The number of carbonyl (C=O) groups excluding carboxylic acids is 8. The van der Waals surface area contributed by atoms with Crippen LogP contribution in [0.1, 0.15) is 81.6 Å². The summed E-state index contributed by atoms with van der Waals surface area (Å²) in [7, 11) is 0. The van der Waals surface area contributed by atoms with Crippen molar-refractivity contribution in [3.05, 3.63) is 34.4 Å². The van der Waals surface area contributed by atoms with E-state index >= 15 is 0 Å². The molecule has 1 aromatic carbocycles. The second-order valence-corrected chi connectivity index (χ2v) is 17.1. The zero-order valence-corrected chi connectivity index (χ0v) is 35.3. The van der Waals surface area contributed by atoms with Crippen molar-refractivity contribution < 1.29 is 72.1 Å². The van der Waals surface area contributed by atoms with E-state index in [1.807, 2.05) is 0 Å². The number of amides is 3. The number of ketones is 2. The molecule has 23 nitrogen and oxygen atoms in total. The van der Waals surface area contributed by atoms with Gasteiger partial charge in [-0.1, -0.05) is 48.5 Å². The molecule has 334 valence electrons. The normalized spacial score (nSPS) is 30.9. The Morgan fingerprint density at radius 3 is 1.92 bits per heavy atom. The van der Waals surface area contributed by atoms with Crippen molar-refractivity contribution in [3.63, 3.8) is 0 Å². The minimum Gasteiger partial charge on any atom is -0.380 e. The SMILES string of the molecule is CC(C)CN(C(=O)OOC(=O)N1OC(=O)N(CC(C)C)N2CCC(C)[C@]23C(=O)CCC(=O)C2(OC3=O)OC(=O)[C@](C)(N)C1(C(C)C)[C@@](C)(N)C(=O)O2)c1ccc([N+](=O)[O-])cc1. The van der Waals surface area contributed by atoms with E-state index in [0.717, 1.165) is 40.9 Å². The van der Waals surface area contributed by atoms with Gasteiger partial charge in [-0.3, -0.25) is 24.6 Å². The number of esters is 3. The number of rotatable bonds is 7. The molecule has 0 aliphatic carbocycles. The number of anilines is 1. The van der Waals surface area contributed by atoms with E-state index < -0.39 is 111 Å². The van der Waals surface area contributed by atoms with Gasteiger partial charge in [-0.2, -0.15) is 5.01 Å². The first-order valence-electron chi connectivity index (χ1n) is 19.6. The van der Waals surface area contributed by atoms with Gasteiger partial charge in [0.15, 0.2) is 11.3 Å². The largest absolute Gasteiger partial charge is 0.488 e. The summed E-state index contributed by atoms with van der Waals surface area (Å²) in [6.07, 6.45) is -6.16. The fourth-order valence-electron chi connectivity index (χ4n) is 8.82. The highest BCUT2D eigenvalue weighted by Crippen LogP contribution is 2.49. The molecular formula is C38H51N7O16. The number of hydrogen-bond acceptors (Lipinski definition) is 19. The molecule has 2 spiro atoms. The Morgan fingerprint density at radius 2 is 1.41 bits per heavy atom. The molecule has 1 aromatic rings. The molecule has 23 heteroatoms. The number of hydrogen-bond donors (Lipinski definition) is 2. The lowest BCUT2D eigenvalue weighted by molar-refractivity contribution is -0.384. The number of nitrogens with two attached hydrogens (primary N) is 2. The number of nitro benzene ring substituents is 1. The van der Waals surface area contributed by atoms with Crippen LogP contribution in [0.25, 0.3) is 0 Å². The maximum Gasteiger partial charge on any atom is 0.488 e. The first-order chi connectivity index (χ1) is 28.2. The maximum absolute atomic E-state index is 14.9. The topological polar surface area (TPSA) is 300 Å². The molecule has 6 rings (SSSR count). The van der Waals surface area contributed by atoms with Crippen LogP contribution in [-0.4, -0.2) is 116 Å². The number of benzene rings is 1. The highest BCUT2D eigenvalue weighted by molar-refractivity contribution is 6.12. The Kier molecular flexibility index (Phi) is 12.2. The second kappa shape index (κ2) is 16.2. The van der Waals surface area contributed by atoms with Crippen molar-refractivity contribution in [1.29, 1.82) is 0 Å². The number of carbonyl (C=O) groups is 8. The van der Waals surface area contributed by atoms with Gasteiger partial charge in [-0.25, -0.2) is 43.6 Å². The average molecular weight is 862 g/mol. The predicted octanol–water partition coefficient (Wildman–Crippen LogP) is 2.62. The van der Waals surface area contributed by atoms with E-state index in [4.69, 9.17) is 40.3 Å². The minimum atomic E-state index is -3.50. The van der Waals surface area contributed by atoms with Crippen LogP contribution in [0.4, 0.5) is 25.8 Å². The van der Waals surface area contributed by atoms with Gasteiger partial charge >= 0.3 is 42.2 Å². The number of ether oxygens (including phenoxy) is 3. The molecule has 5 aliphatic heterocycles. The van der Waals surface area contributed by atoms with Crippen LogP contribution in [0.5, 0.6) is 0 Å². The first-order valence-corrected chi connectivity index (χ1v) is 19.6. The standard InChI is InChI=1S/C38H51N7O16/c1-20(2)18-41(24-10-12-25(13-11-24)45(54)55)31(51)60-61-33(53)44-37(22(5)6)34(8,39)28(48)56-38(57-29(49)35(37,9)40)27(47)15-14-26(46)36(30(50)58-38)23(7)16-17-43(36)42(19-21(3)4)32(52)59-44/h10-13,20-23H,14-19,39-40H2,1-9H3/t23?,34-,35-,36+,37?,38?/m0/s1. The molecule has 4 N–H and O–H groups in total. The Balaban J connectivity index is 1.75. The van der Waals surface area contributed by atoms with E-state index in [-0.39, 0.29) is 48.4 Å². The molecule has 5 saturated heterocycles. The van der Waals surface area contributed by atoms with Crippen LogP contribution in [0.3, 0.4) is 0 Å². The Hall–Kier alpha value is -5.94. The molecule has 1 unspecified atom stereocenters. The Bertz CT molecular complexity index is 1990. The summed E-state index contributed by atoms with van der Waals surface area (Å²) in [5, 5.41) is 13.3. The van der Waals surface area contributed by atoms with Gasteiger partial charge < -0.3 is 30.5 Å². The number of non-ortho nitro benzene ring substituents is 1. The van der Waals surface area contributed by atoms with Gasteiger partial charge in [-0.05, 0) is 56.1 Å². The first kappa shape index (κ1) is 46.1. The average Bonchev–Trinajstić information content (AvgIpc) is 3.52. The highest BCUT2D eigenvalue weighted by atomic mass is 17.2. The summed E-state index contributed by atoms with van der Waals surface area (Å²) in [5.74, 6) is -13.6. The Morgan fingerprint density at radius 1 is 0.869 bits per heavy atom. The smallest absolute Gasteiger partial charge is 0.380 e. The monoisotopic (exact) mass is 861 g/mol. The van der Waals surface area contributed by atoms with Gasteiger partial charge in [0.1, 0.15) is 16.6 Å². The van der Waals surface area contributed by atoms with Crippen LogP contribution < -0.4 is 16.4 Å². The highest BCUT2D eigenvalue weighted by Gasteiger charge is 2.77. The third kappa shape index (κ3) is 7.26. The fourth-order valence-corrected chi connectivity index (χ4v) is 8.82. The van der Waals surface area contributed by atoms with E-state index in [0.29, 0.717) is 0 Å². The number of nitrogens with zero attached hydrogens (tertiary/aromatic N) is 5. The van der Waals surface area contributed by atoms with Crippen LogP contribution in [-0.2, 0) is 52.8 Å². The van der Waals surface area contributed by atoms with Crippen LogP contribution in [0.15, 0.2) is 24.3 Å². The molecular weight excluding hydrogens is 810 g/mol. The number of nitro groups is 1. The summed E-state index contributed by atoms with van der Waals surface area (Å²) < 4.78 is 16.7.